The molecule has 3 atom stereocenters. The van der Waals surface area contributed by atoms with Crippen LogP contribution in [-0.4, -0.2) is 37.2 Å². The molecule has 0 spiro atoms. The number of amides is 1. The topological polar surface area (TPSA) is 50.4 Å². The highest BCUT2D eigenvalue weighted by Crippen LogP contribution is 2.34. The molecule has 16 heavy (non-hydrogen) atoms. The van der Waals surface area contributed by atoms with Crippen molar-refractivity contribution in [2.45, 2.75) is 50.4 Å². The predicted molar refractivity (Wildman–Crippen MR) is 60.0 cm³/mol. The van der Waals surface area contributed by atoms with E-state index in [9.17, 15) is 4.79 Å². The average molecular weight is 224 g/mol. The summed E-state index contributed by atoms with van der Waals surface area (Å²) in [5, 5.41) is 6.29. The number of rotatable bonds is 5. The molecule has 4 nitrogen and oxygen atoms in total. The summed E-state index contributed by atoms with van der Waals surface area (Å²) in [7, 11) is 0. The van der Waals surface area contributed by atoms with Gasteiger partial charge < -0.3 is 15.4 Å². The van der Waals surface area contributed by atoms with Gasteiger partial charge in [0, 0.05) is 0 Å². The molecule has 0 aromatic carbocycles. The second-order valence-electron chi connectivity index (χ2n) is 5.36. The lowest BCUT2D eigenvalue weighted by Gasteiger charge is -2.20. The lowest BCUT2D eigenvalue weighted by atomic mass is 9.95. The zero-order valence-corrected chi connectivity index (χ0v) is 9.58. The highest BCUT2D eigenvalue weighted by Gasteiger charge is 2.41. The summed E-state index contributed by atoms with van der Waals surface area (Å²) in [6.07, 6.45) is 6.66. The number of hydrogen-bond acceptors (Lipinski definition) is 3. The third-order valence-electron chi connectivity index (χ3n) is 3.87. The Morgan fingerprint density at radius 2 is 2.12 bits per heavy atom. The van der Waals surface area contributed by atoms with Crippen LogP contribution in [0, 0.1) is 5.92 Å². The van der Waals surface area contributed by atoms with Crippen LogP contribution in [0.5, 0.6) is 0 Å². The minimum atomic E-state index is 0.127. The number of nitrogens with one attached hydrogen (secondary N) is 2. The molecule has 1 aliphatic carbocycles. The summed E-state index contributed by atoms with van der Waals surface area (Å²) in [5.74, 6) is 0.959. The van der Waals surface area contributed by atoms with Gasteiger partial charge in [-0.05, 0) is 44.6 Å². The summed E-state index contributed by atoms with van der Waals surface area (Å²) >= 11 is 0. The number of carbonyl (C=O) groups is 1. The van der Waals surface area contributed by atoms with Gasteiger partial charge in [-0.1, -0.05) is 0 Å². The van der Waals surface area contributed by atoms with Gasteiger partial charge in [0.2, 0.25) is 5.91 Å². The third kappa shape index (κ3) is 2.38. The Labute approximate surface area is 96.1 Å². The Morgan fingerprint density at radius 3 is 2.75 bits per heavy atom. The highest BCUT2D eigenvalue weighted by atomic mass is 16.5. The van der Waals surface area contributed by atoms with Crippen molar-refractivity contribution in [1.82, 2.24) is 10.6 Å². The zero-order chi connectivity index (χ0) is 11.0. The van der Waals surface area contributed by atoms with Gasteiger partial charge in [-0.2, -0.15) is 0 Å². The van der Waals surface area contributed by atoms with Crippen LogP contribution in [0.2, 0.25) is 0 Å². The number of hydrogen-bond donors (Lipinski definition) is 2. The molecule has 1 amide bonds. The van der Waals surface area contributed by atoms with Crippen LogP contribution in [-0.2, 0) is 9.53 Å². The number of ether oxygens (including phenoxy) is 1. The molecular weight excluding hydrogens is 204 g/mol. The standard InChI is InChI=1S/C12H20N2O2/c15-12(7-13-6-8-1-2-8)14-10-5-9-3-4-11(10)16-9/h8-11,13H,1-7H2,(H,14,15). The molecule has 2 bridgehead atoms. The molecule has 2 aliphatic heterocycles. The fraction of sp³-hybridized carbons (Fsp3) is 0.917. The summed E-state index contributed by atoms with van der Waals surface area (Å²) in [6, 6.07) is 0.272. The summed E-state index contributed by atoms with van der Waals surface area (Å²) in [5.41, 5.74) is 0. The van der Waals surface area contributed by atoms with E-state index >= 15 is 0 Å². The molecule has 4 heteroatoms. The molecular formula is C12H20N2O2. The van der Waals surface area contributed by atoms with Crippen molar-refractivity contribution in [3.63, 3.8) is 0 Å². The van der Waals surface area contributed by atoms with E-state index in [-0.39, 0.29) is 18.1 Å². The maximum Gasteiger partial charge on any atom is 0.234 e. The fourth-order valence-electron chi connectivity index (χ4n) is 2.76. The Balaban J connectivity index is 1.35. The Kier molecular flexibility index (Phi) is 2.86. The smallest absolute Gasteiger partial charge is 0.234 e. The van der Waals surface area contributed by atoms with E-state index in [1.165, 1.54) is 19.3 Å². The zero-order valence-electron chi connectivity index (χ0n) is 9.58. The molecule has 2 N–H and O–H groups in total. The van der Waals surface area contributed by atoms with Crippen molar-refractivity contribution in [1.29, 1.82) is 0 Å². The predicted octanol–water partition coefficient (Wildman–Crippen LogP) is 0.422. The van der Waals surface area contributed by atoms with Gasteiger partial charge in [0.15, 0.2) is 0 Å². The van der Waals surface area contributed by atoms with Gasteiger partial charge >= 0.3 is 0 Å². The first-order valence-corrected chi connectivity index (χ1v) is 6.47. The van der Waals surface area contributed by atoms with Crippen LogP contribution in [0.25, 0.3) is 0 Å². The molecule has 0 aromatic heterocycles. The number of carbonyl (C=O) groups excluding carboxylic acids is 1. The largest absolute Gasteiger partial charge is 0.373 e. The summed E-state index contributed by atoms with van der Waals surface area (Å²) in [4.78, 5) is 11.6. The number of fused-ring (bicyclic) bond motifs is 2. The van der Waals surface area contributed by atoms with E-state index in [1.54, 1.807) is 0 Å². The van der Waals surface area contributed by atoms with Crippen molar-refractivity contribution in [2.75, 3.05) is 13.1 Å². The molecule has 0 aromatic rings. The first-order valence-electron chi connectivity index (χ1n) is 6.47. The maximum atomic E-state index is 11.6. The summed E-state index contributed by atoms with van der Waals surface area (Å²) in [6.45, 7) is 1.46. The van der Waals surface area contributed by atoms with Crippen molar-refractivity contribution in [3.8, 4) is 0 Å². The molecule has 3 unspecified atom stereocenters. The van der Waals surface area contributed by atoms with Crippen LogP contribution in [0.1, 0.15) is 32.1 Å². The SMILES string of the molecule is O=C(CNCC1CC1)NC1CC2CCC1O2. The Bertz CT molecular complexity index is 278. The third-order valence-corrected chi connectivity index (χ3v) is 3.87. The van der Waals surface area contributed by atoms with Crippen LogP contribution in [0.15, 0.2) is 0 Å². The second kappa shape index (κ2) is 4.34. The van der Waals surface area contributed by atoms with E-state index in [1.807, 2.05) is 0 Å². The molecule has 90 valence electrons. The molecule has 2 heterocycles. The highest BCUT2D eigenvalue weighted by molar-refractivity contribution is 5.78. The van der Waals surface area contributed by atoms with Crippen LogP contribution in [0.4, 0.5) is 0 Å². The van der Waals surface area contributed by atoms with E-state index < -0.39 is 0 Å². The van der Waals surface area contributed by atoms with E-state index in [2.05, 4.69) is 10.6 Å². The quantitative estimate of drug-likeness (QED) is 0.711. The van der Waals surface area contributed by atoms with E-state index in [0.717, 1.165) is 25.3 Å². The minimum absolute atomic E-state index is 0.127. The monoisotopic (exact) mass is 224 g/mol. The fourth-order valence-corrected chi connectivity index (χ4v) is 2.76. The van der Waals surface area contributed by atoms with Crippen LogP contribution < -0.4 is 10.6 Å². The summed E-state index contributed by atoms with van der Waals surface area (Å²) < 4.78 is 5.70. The Morgan fingerprint density at radius 1 is 1.25 bits per heavy atom. The van der Waals surface area contributed by atoms with Crippen molar-refractivity contribution in [3.05, 3.63) is 0 Å². The van der Waals surface area contributed by atoms with Gasteiger partial charge in [0.1, 0.15) is 0 Å². The maximum absolute atomic E-state index is 11.6. The molecule has 2 saturated heterocycles. The van der Waals surface area contributed by atoms with Gasteiger partial charge in [-0.15, -0.1) is 0 Å². The molecule has 0 radical (unpaired) electrons. The Hall–Kier alpha value is -0.610. The molecule has 3 fully saturated rings. The van der Waals surface area contributed by atoms with Crippen molar-refractivity contribution >= 4 is 5.91 Å². The van der Waals surface area contributed by atoms with Crippen LogP contribution >= 0.6 is 0 Å². The van der Waals surface area contributed by atoms with Crippen molar-refractivity contribution < 1.29 is 9.53 Å². The van der Waals surface area contributed by atoms with Crippen LogP contribution in [0.3, 0.4) is 0 Å². The lowest BCUT2D eigenvalue weighted by Crippen LogP contribution is -2.45. The first-order chi connectivity index (χ1) is 7.81. The minimum Gasteiger partial charge on any atom is -0.373 e. The van der Waals surface area contributed by atoms with Gasteiger partial charge in [-0.3, -0.25) is 4.79 Å². The van der Waals surface area contributed by atoms with Gasteiger partial charge in [0.25, 0.3) is 0 Å². The lowest BCUT2D eigenvalue weighted by molar-refractivity contribution is -0.121. The molecule has 3 rings (SSSR count). The first kappa shape index (κ1) is 10.5. The average Bonchev–Trinajstić information content (AvgIpc) is 2.86. The molecule has 3 aliphatic rings. The van der Waals surface area contributed by atoms with E-state index in [4.69, 9.17) is 4.74 Å². The van der Waals surface area contributed by atoms with Gasteiger partial charge in [0.05, 0.1) is 24.8 Å². The molecule has 1 saturated carbocycles. The van der Waals surface area contributed by atoms with Gasteiger partial charge in [-0.25, -0.2) is 0 Å². The second-order valence-corrected chi connectivity index (χ2v) is 5.36. The van der Waals surface area contributed by atoms with Crippen molar-refractivity contribution in [2.24, 2.45) is 5.92 Å². The normalized spacial score (nSPS) is 36.6. The van der Waals surface area contributed by atoms with E-state index in [0.29, 0.717) is 12.6 Å².